The van der Waals surface area contributed by atoms with Crippen LogP contribution in [0.4, 0.5) is 0 Å². The van der Waals surface area contributed by atoms with E-state index in [9.17, 15) is 24.6 Å². The number of carboxylic acid groups (broad SMARTS) is 1. The average Bonchev–Trinajstić information content (AvgIpc) is 2.68. The number of aromatic hydroxyl groups is 1. The first-order chi connectivity index (χ1) is 13.5. The maximum Gasteiger partial charge on any atom is 0.326 e. The number of hydrogen-bond acceptors (Lipinski definition) is 4. The lowest BCUT2D eigenvalue weighted by molar-refractivity contribution is -0.150. The van der Waals surface area contributed by atoms with Crippen LogP contribution in [0.5, 0.6) is 5.75 Å². The molecule has 0 spiro atoms. The Bertz CT molecular complexity index is 907. The highest BCUT2D eigenvalue weighted by Crippen LogP contribution is 2.29. The summed E-state index contributed by atoms with van der Waals surface area (Å²) in [6, 6.07) is 12.7. The van der Waals surface area contributed by atoms with Crippen molar-refractivity contribution in [1.82, 2.24) is 10.2 Å². The molecule has 0 saturated heterocycles. The molecule has 1 atom stereocenters. The summed E-state index contributed by atoms with van der Waals surface area (Å²) in [6.45, 7) is 2.92. The highest BCUT2D eigenvalue weighted by atomic mass is 16.4. The molecule has 154 valence electrons. The standard InChI is InChI=1S/C22H26N2O5/c1-22(2,21(29)24(3)4)20(28)23-18(19(26)27)12-15-10-11-16(25)13-17(15)14-8-6-5-7-9-14/h5-11,13,18,25H,12H2,1-4H3,(H,23,28)(H,26,27)/t18-/m0/s1. The van der Waals surface area contributed by atoms with Crippen molar-refractivity contribution in [2.75, 3.05) is 14.1 Å². The van der Waals surface area contributed by atoms with Crippen molar-refractivity contribution in [2.45, 2.75) is 26.3 Å². The molecule has 0 aliphatic carbocycles. The van der Waals surface area contributed by atoms with E-state index in [0.29, 0.717) is 11.1 Å². The van der Waals surface area contributed by atoms with Crippen LogP contribution >= 0.6 is 0 Å². The average molecular weight is 398 g/mol. The van der Waals surface area contributed by atoms with E-state index in [4.69, 9.17) is 0 Å². The van der Waals surface area contributed by atoms with Gasteiger partial charge in [-0.1, -0.05) is 36.4 Å². The Balaban J connectivity index is 2.32. The van der Waals surface area contributed by atoms with E-state index < -0.39 is 29.2 Å². The molecule has 0 heterocycles. The minimum Gasteiger partial charge on any atom is -0.508 e. The molecular formula is C22H26N2O5. The maximum absolute atomic E-state index is 12.7. The third-order valence-corrected chi connectivity index (χ3v) is 4.71. The number of benzene rings is 2. The van der Waals surface area contributed by atoms with E-state index in [2.05, 4.69) is 5.32 Å². The van der Waals surface area contributed by atoms with Gasteiger partial charge in [0.1, 0.15) is 17.2 Å². The first-order valence-electron chi connectivity index (χ1n) is 9.17. The number of carboxylic acids is 1. The minimum atomic E-state index is -1.41. The summed E-state index contributed by atoms with van der Waals surface area (Å²) in [5.41, 5.74) is 0.735. The van der Waals surface area contributed by atoms with Gasteiger partial charge in [0.05, 0.1) is 0 Å². The van der Waals surface area contributed by atoms with E-state index >= 15 is 0 Å². The molecule has 2 aromatic rings. The maximum atomic E-state index is 12.7. The third-order valence-electron chi connectivity index (χ3n) is 4.71. The SMILES string of the molecule is CN(C)C(=O)C(C)(C)C(=O)N[C@@H](Cc1ccc(O)cc1-c1ccccc1)C(=O)O. The fourth-order valence-corrected chi connectivity index (χ4v) is 3.04. The summed E-state index contributed by atoms with van der Waals surface area (Å²) in [7, 11) is 3.07. The Kier molecular flexibility index (Phi) is 6.64. The van der Waals surface area contributed by atoms with Gasteiger partial charge in [-0.05, 0) is 42.7 Å². The van der Waals surface area contributed by atoms with E-state index in [-0.39, 0.29) is 12.2 Å². The van der Waals surface area contributed by atoms with Crippen LogP contribution < -0.4 is 5.32 Å². The smallest absolute Gasteiger partial charge is 0.326 e. The van der Waals surface area contributed by atoms with Crippen LogP contribution in [-0.2, 0) is 20.8 Å². The number of phenols is 1. The number of carbonyl (C=O) groups excluding carboxylic acids is 2. The number of rotatable bonds is 7. The Morgan fingerprint density at radius 2 is 1.69 bits per heavy atom. The number of phenolic OH excluding ortho intramolecular Hbond substituents is 1. The van der Waals surface area contributed by atoms with Gasteiger partial charge in [-0.3, -0.25) is 9.59 Å². The van der Waals surface area contributed by atoms with Crippen molar-refractivity contribution < 1.29 is 24.6 Å². The fraction of sp³-hybridized carbons (Fsp3) is 0.318. The normalized spacial score (nSPS) is 12.1. The number of nitrogens with zero attached hydrogens (tertiary/aromatic N) is 1. The summed E-state index contributed by atoms with van der Waals surface area (Å²) in [4.78, 5) is 38.1. The van der Waals surface area contributed by atoms with E-state index in [1.54, 1.807) is 12.1 Å². The molecule has 0 aromatic heterocycles. The molecule has 0 unspecified atom stereocenters. The van der Waals surface area contributed by atoms with Crippen LogP contribution in [0.15, 0.2) is 48.5 Å². The zero-order valence-corrected chi connectivity index (χ0v) is 17.0. The Morgan fingerprint density at radius 3 is 2.24 bits per heavy atom. The molecule has 0 fully saturated rings. The fourth-order valence-electron chi connectivity index (χ4n) is 3.04. The molecule has 0 saturated carbocycles. The lowest BCUT2D eigenvalue weighted by atomic mass is 9.89. The van der Waals surface area contributed by atoms with Gasteiger partial charge in [0.15, 0.2) is 0 Å². The van der Waals surface area contributed by atoms with Gasteiger partial charge >= 0.3 is 5.97 Å². The predicted octanol–water partition coefficient (Wildman–Crippen LogP) is 2.29. The Hall–Kier alpha value is -3.35. The second-order valence-corrected chi connectivity index (χ2v) is 7.60. The molecule has 0 aliphatic heterocycles. The van der Waals surface area contributed by atoms with Crippen LogP contribution in [0.3, 0.4) is 0 Å². The Morgan fingerprint density at radius 1 is 1.07 bits per heavy atom. The second-order valence-electron chi connectivity index (χ2n) is 7.60. The number of aliphatic carboxylic acids is 1. The molecule has 2 rings (SSSR count). The molecule has 2 aromatic carbocycles. The lowest BCUT2D eigenvalue weighted by Gasteiger charge is -2.27. The highest BCUT2D eigenvalue weighted by molar-refractivity contribution is 6.05. The van der Waals surface area contributed by atoms with Crippen LogP contribution in [0, 0.1) is 5.41 Å². The molecule has 7 heteroatoms. The van der Waals surface area contributed by atoms with Crippen LogP contribution in [0.25, 0.3) is 11.1 Å². The van der Waals surface area contributed by atoms with Gasteiger partial charge in [0.2, 0.25) is 11.8 Å². The first-order valence-corrected chi connectivity index (χ1v) is 9.17. The van der Waals surface area contributed by atoms with Crippen molar-refractivity contribution in [3.05, 3.63) is 54.1 Å². The zero-order valence-electron chi connectivity index (χ0n) is 17.0. The second kappa shape index (κ2) is 8.77. The molecule has 29 heavy (non-hydrogen) atoms. The largest absolute Gasteiger partial charge is 0.508 e. The molecule has 3 N–H and O–H groups in total. The quantitative estimate of drug-likeness (QED) is 0.621. The third kappa shape index (κ3) is 5.13. The summed E-state index contributed by atoms with van der Waals surface area (Å²) in [6.07, 6.45) is -0.00217. The number of nitrogens with one attached hydrogen (secondary N) is 1. The van der Waals surface area contributed by atoms with Crippen molar-refractivity contribution in [3.8, 4) is 16.9 Å². The van der Waals surface area contributed by atoms with Crippen molar-refractivity contribution >= 4 is 17.8 Å². The molecule has 0 radical (unpaired) electrons. The summed E-state index contributed by atoms with van der Waals surface area (Å²) in [5, 5.41) is 22.0. The van der Waals surface area contributed by atoms with Gasteiger partial charge in [0.25, 0.3) is 0 Å². The summed E-state index contributed by atoms with van der Waals surface area (Å²) < 4.78 is 0. The number of carbonyl (C=O) groups is 3. The summed E-state index contributed by atoms with van der Waals surface area (Å²) >= 11 is 0. The van der Waals surface area contributed by atoms with Crippen molar-refractivity contribution in [1.29, 1.82) is 0 Å². The van der Waals surface area contributed by atoms with E-state index in [0.717, 1.165) is 5.56 Å². The van der Waals surface area contributed by atoms with E-state index in [1.165, 1.54) is 38.9 Å². The highest BCUT2D eigenvalue weighted by Gasteiger charge is 2.39. The van der Waals surface area contributed by atoms with Gasteiger partial charge in [-0.25, -0.2) is 4.79 Å². The monoisotopic (exact) mass is 398 g/mol. The van der Waals surface area contributed by atoms with Crippen LogP contribution in [0.1, 0.15) is 19.4 Å². The van der Waals surface area contributed by atoms with Crippen molar-refractivity contribution in [3.63, 3.8) is 0 Å². The number of amides is 2. The van der Waals surface area contributed by atoms with Crippen LogP contribution in [0.2, 0.25) is 0 Å². The van der Waals surface area contributed by atoms with Gasteiger partial charge < -0.3 is 20.4 Å². The first kappa shape index (κ1) is 21.9. The molecule has 0 bridgehead atoms. The number of hydrogen-bond donors (Lipinski definition) is 3. The van der Waals surface area contributed by atoms with Crippen molar-refractivity contribution in [2.24, 2.45) is 5.41 Å². The van der Waals surface area contributed by atoms with Gasteiger partial charge in [-0.15, -0.1) is 0 Å². The molecule has 7 nitrogen and oxygen atoms in total. The molecule has 2 amide bonds. The zero-order chi connectivity index (χ0) is 21.8. The molecular weight excluding hydrogens is 372 g/mol. The van der Waals surface area contributed by atoms with Gasteiger partial charge in [0, 0.05) is 20.5 Å². The topological polar surface area (TPSA) is 107 Å². The lowest BCUT2D eigenvalue weighted by Crippen LogP contribution is -2.52. The summed E-state index contributed by atoms with van der Waals surface area (Å²) in [5.74, 6) is -2.24. The minimum absolute atomic E-state index is 0.00217. The van der Waals surface area contributed by atoms with Gasteiger partial charge in [-0.2, -0.15) is 0 Å². The predicted molar refractivity (Wildman–Crippen MR) is 109 cm³/mol. The van der Waals surface area contributed by atoms with Crippen LogP contribution in [-0.4, -0.2) is 53.0 Å². The van der Waals surface area contributed by atoms with E-state index in [1.807, 2.05) is 30.3 Å². The molecule has 0 aliphatic rings. The Labute approximate surface area is 170 Å².